The molecule has 1 fully saturated rings. The molecule has 0 radical (unpaired) electrons. The van der Waals surface area contributed by atoms with E-state index < -0.39 is 6.04 Å². The molecule has 1 aromatic heterocycles. The van der Waals surface area contributed by atoms with Crippen molar-refractivity contribution in [2.45, 2.75) is 38.3 Å². The summed E-state index contributed by atoms with van der Waals surface area (Å²) in [6, 6.07) is 15.0. The lowest BCUT2D eigenvalue weighted by molar-refractivity contribution is -0.156. The molecule has 1 aromatic carbocycles. The van der Waals surface area contributed by atoms with Crippen molar-refractivity contribution < 1.29 is 14.3 Å². The molecule has 2 atom stereocenters. The van der Waals surface area contributed by atoms with Gasteiger partial charge < -0.3 is 9.64 Å². The van der Waals surface area contributed by atoms with Gasteiger partial charge in [0.05, 0.1) is 24.9 Å². The summed E-state index contributed by atoms with van der Waals surface area (Å²) in [4.78, 5) is 31.3. The lowest BCUT2D eigenvalue weighted by atomic mass is 10.0. The minimum absolute atomic E-state index is 0.0883. The highest BCUT2D eigenvalue weighted by molar-refractivity contribution is 5.85. The highest BCUT2D eigenvalue weighted by atomic mass is 16.5. The Morgan fingerprint density at radius 2 is 1.96 bits per heavy atom. The molecular weight excluding hydrogens is 354 g/mol. The van der Waals surface area contributed by atoms with E-state index in [0.29, 0.717) is 19.6 Å². The van der Waals surface area contributed by atoms with E-state index in [1.165, 1.54) is 0 Å². The molecule has 2 unspecified atom stereocenters. The molecule has 2 heterocycles. The Morgan fingerprint density at radius 1 is 1.18 bits per heavy atom. The summed E-state index contributed by atoms with van der Waals surface area (Å²) < 4.78 is 5.16. The number of amides is 1. The summed E-state index contributed by atoms with van der Waals surface area (Å²) in [5, 5.41) is 3.34. The van der Waals surface area contributed by atoms with Crippen LogP contribution < -0.4 is 5.32 Å². The standard InChI is InChI=1S/C22H27N3O3/c1-2-28-22(27)19-13-7-9-15-25(19)20(26)16-24-21(17-10-4-3-5-11-17)18-12-6-8-14-23-18/h3-6,8,10-12,14,19,21,24H,2,7,9,13,15-16H2,1H3. The minimum Gasteiger partial charge on any atom is -0.464 e. The molecule has 0 saturated carbocycles. The number of pyridine rings is 1. The van der Waals surface area contributed by atoms with E-state index in [2.05, 4.69) is 10.3 Å². The molecule has 0 bridgehead atoms. The van der Waals surface area contributed by atoms with Crippen LogP contribution in [0.25, 0.3) is 0 Å². The monoisotopic (exact) mass is 381 g/mol. The van der Waals surface area contributed by atoms with Gasteiger partial charge in [0.25, 0.3) is 0 Å². The molecule has 3 rings (SSSR count). The number of carbonyl (C=O) groups excluding carboxylic acids is 2. The quantitative estimate of drug-likeness (QED) is 0.747. The highest BCUT2D eigenvalue weighted by Gasteiger charge is 2.33. The fourth-order valence-electron chi connectivity index (χ4n) is 3.59. The highest BCUT2D eigenvalue weighted by Crippen LogP contribution is 2.21. The number of esters is 1. The summed E-state index contributed by atoms with van der Waals surface area (Å²) >= 11 is 0. The van der Waals surface area contributed by atoms with Crippen LogP contribution in [0.5, 0.6) is 0 Å². The van der Waals surface area contributed by atoms with Crippen LogP contribution in [-0.4, -0.2) is 47.5 Å². The third-order valence-electron chi connectivity index (χ3n) is 4.96. The number of carbonyl (C=O) groups is 2. The molecule has 148 valence electrons. The van der Waals surface area contributed by atoms with Crippen molar-refractivity contribution in [3.63, 3.8) is 0 Å². The second-order valence-corrected chi connectivity index (χ2v) is 6.83. The average Bonchev–Trinajstić information content (AvgIpc) is 2.75. The number of rotatable bonds is 7. The van der Waals surface area contributed by atoms with Crippen LogP contribution in [0.15, 0.2) is 54.7 Å². The van der Waals surface area contributed by atoms with Crippen LogP contribution in [0.1, 0.15) is 43.5 Å². The Morgan fingerprint density at radius 3 is 2.68 bits per heavy atom. The van der Waals surface area contributed by atoms with Gasteiger partial charge in [-0.25, -0.2) is 4.79 Å². The number of likely N-dealkylation sites (tertiary alicyclic amines) is 1. The van der Waals surface area contributed by atoms with Crippen molar-refractivity contribution in [1.29, 1.82) is 0 Å². The summed E-state index contributed by atoms with van der Waals surface area (Å²) in [5.41, 5.74) is 1.89. The number of ether oxygens (including phenoxy) is 1. The van der Waals surface area contributed by atoms with Gasteiger partial charge in [0.15, 0.2) is 0 Å². The van der Waals surface area contributed by atoms with Gasteiger partial charge in [-0.1, -0.05) is 36.4 Å². The number of nitrogens with zero attached hydrogens (tertiary/aromatic N) is 2. The molecular formula is C22H27N3O3. The van der Waals surface area contributed by atoms with E-state index >= 15 is 0 Å². The predicted octanol–water partition coefficient (Wildman–Crippen LogP) is 2.70. The van der Waals surface area contributed by atoms with Crippen molar-refractivity contribution in [2.24, 2.45) is 0 Å². The second kappa shape index (κ2) is 9.99. The zero-order chi connectivity index (χ0) is 19.8. The Balaban J connectivity index is 1.72. The summed E-state index contributed by atoms with van der Waals surface area (Å²) in [6.45, 7) is 2.83. The van der Waals surface area contributed by atoms with Crippen molar-refractivity contribution in [2.75, 3.05) is 19.7 Å². The van der Waals surface area contributed by atoms with Crippen LogP contribution in [-0.2, 0) is 14.3 Å². The fraction of sp³-hybridized carbons (Fsp3) is 0.409. The molecule has 6 heteroatoms. The molecule has 1 aliphatic heterocycles. The zero-order valence-corrected chi connectivity index (χ0v) is 16.2. The Hall–Kier alpha value is -2.73. The molecule has 0 spiro atoms. The number of piperidine rings is 1. The molecule has 6 nitrogen and oxygen atoms in total. The number of nitrogens with one attached hydrogen (secondary N) is 1. The van der Waals surface area contributed by atoms with Crippen LogP contribution in [0.4, 0.5) is 0 Å². The van der Waals surface area contributed by atoms with Crippen molar-refractivity contribution in [3.8, 4) is 0 Å². The molecule has 2 aromatic rings. The van der Waals surface area contributed by atoms with Crippen molar-refractivity contribution in [3.05, 3.63) is 66.0 Å². The van der Waals surface area contributed by atoms with Gasteiger partial charge in [-0.3, -0.25) is 15.1 Å². The van der Waals surface area contributed by atoms with Gasteiger partial charge in [0.2, 0.25) is 5.91 Å². The second-order valence-electron chi connectivity index (χ2n) is 6.83. The van der Waals surface area contributed by atoms with E-state index in [9.17, 15) is 9.59 Å². The van der Waals surface area contributed by atoms with E-state index in [4.69, 9.17) is 4.74 Å². The maximum absolute atomic E-state index is 12.9. The first-order valence-electron chi connectivity index (χ1n) is 9.86. The third kappa shape index (κ3) is 4.95. The first-order valence-corrected chi connectivity index (χ1v) is 9.86. The SMILES string of the molecule is CCOC(=O)C1CCCCN1C(=O)CNC(c1ccccc1)c1ccccn1. The van der Waals surface area contributed by atoms with Gasteiger partial charge in [-0.2, -0.15) is 0 Å². The smallest absolute Gasteiger partial charge is 0.328 e. The van der Waals surface area contributed by atoms with Crippen LogP contribution in [0.3, 0.4) is 0 Å². The maximum Gasteiger partial charge on any atom is 0.328 e. The lowest BCUT2D eigenvalue weighted by Crippen LogP contribution is -2.51. The third-order valence-corrected chi connectivity index (χ3v) is 4.96. The molecule has 0 aliphatic carbocycles. The average molecular weight is 381 g/mol. The van der Waals surface area contributed by atoms with Crippen molar-refractivity contribution in [1.82, 2.24) is 15.2 Å². The summed E-state index contributed by atoms with van der Waals surface area (Å²) in [7, 11) is 0. The van der Waals surface area contributed by atoms with Crippen LogP contribution in [0.2, 0.25) is 0 Å². The number of hydrogen-bond donors (Lipinski definition) is 1. The van der Waals surface area contributed by atoms with Gasteiger partial charge >= 0.3 is 5.97 Å². The van der Waals surface area contributed by atoms with E-state index in [1.807, 2.05) is 48.5 Å². The van der Waals surface area contributed by atoms with Gasteiger partial charge in [-0.05, 0) is 43.9 Å². The Bertz CT molecular complexity index is 728. The number of benzene rings is 1. The molecule has 1 saturated heterocycles. The summed E-state index contributed by atoms with van der Waals surface area (Å²) in [5.74, 6) is -0.394. The van der Waals surface area contributed by atoms with Crippen LogP contribution in [0, 0.1) is 0 Å². The first-order chi connectivity index (χ1) is 13.7. The number of aromatic nitrogens is 1. The predicted molar refractivity (Wildman–Crippen MR) is 107 cm³/mol. The van der Waals surface area contributed by atoms with Gasteiger partial charge in [-0.15, -0.1) is 0 Å². The van der Waals surface area contributed by atoms with E-state index in [1.54, 1.807) is 18.0 Å². The maximum atomic E-state index is 12.9. The zero-order valence-electron chi connectivity index (χ0n) is 16.2. The Kier molecular flexibility index (Phi) is 7.14. The Labute approximate surface area is 165 Å². The van der Waals surface area contributed by atoms with Crippen LogP contribution >= 0.6 is 0 Å². The van der Waals surface area contributed by atoms with Gasteiger partial charge in [0, 0.05) is 12.7 Å². The van der Waals surface area contributed by atoms with Crippen molar-refractivity contribution >= 4 is 11.9 Å². The van der Waals surface area contributed by atoms with Gasteiger partial charge in [0.1, 0.15) is 6.04 Å². The minimum atomic E-state index is -0.479. The first kappa shape index (κ1) is 20.0. The molecule has 1 amide bonds. The topological polar surface area (TPSA) is 71.5 Å². The molecule has 1 aliphatic rings. The molecule has 28 heavy (non-hydrogen) atoms. The normalized spacial score (nSPS) is 17.8. The molecule has 1 N–H and O–H groups in total. The van der Waals surface area contributed by atoms with E-state index in [-0.39, 0.29) is 24.5 Å². The van der Waals surface area contributed by atoms with E-state index in [0.717, 1.165) is 24.1 Å². The summed E-state index contributed by atoms with van der Waals surface area (Å²) in [6.07, 6.45) is 4.24. The lowest BCUT2D eigenvalue weighted by Gasteiger charge is -2.34. The fourth-order valence-corrected chi connectivity index (χ4v) is 3.59. The largest absolute Gasteiger partial charge is 0.464 e. The number of hydrogen-bond acceptors (Lipinski definition) is 5.